The van der Waals surface area contributed by atoms with Crippen LogP contribution in [-0.2, 0) is 9.53 Å². The van der Waals surface area contributed by atoms with Crippen molar-refractivity contribution in [3.63, 3.8) is 0 Å². The highest BCUT2D eigenvalue weighted by atomic mass is 32.2. The van der Waals surface area contributed by atoms with Crippen LogP contribution < -0.4 is 9.47 Å². The average Bonchev–Trinajstić information content (AvgIpc) is 3.39. The quantitative estimate of drug-likeness (QED) is 0.265. The van der Waals surface area contributed by atoms with Gasteiger partial charge in [-0.2, -0.15) is 0 Å². The van der Waals surface area contributed by atoms with Gasteiger partial charge in [-0.25, -0.2) is 4.79 Å². The van der Waals surface area contributed by atoms with E-state index in [-0.39, 0.29) is 12.0 Å². The number of aryl methyl sites for hydroxylation is 1. The molecule has 6 nitrogen and oxygen atoms in total. The SMILES string of the molecule is COc1cc(/C=C2\SC(=S)N(C[C@H]3CCCO3)C2=O)ccc1OC(=O)c1cccc(C)c1. The first-order chi connectivity index (χ1) is 15.4. The molecule has 2 aliphatic heterocycles. The van der Waals surface area contributed by atoms with Crippen molar-refractivity contribution in [3.8, 4) is 11.5 Å². The van der Waals surface area contributed by atoms with Crippen molar-refractivity contribution in [2.24, 2.45) is 0 Å². The molecule has 2 aromatic carbocycles. The molecular weight excluding hydrogens is 446 g/mol. The molecule has 166 valence electrons. The van der Waals surface area contributed by atoms with Crippen molar-refractivity contribution in [1.29, 1.82) is 0 Å². The number of esters is 1. The van der Waals surface area contributed by atoms with E-state index in [0.717, 1.165) is 30.6 Å². The lowest BCUT2D eigenvalue weighted by Crippen LogP contribution is -2.35. The van der Waals surface area contributed by atoms with Crippen LogP contribution in [-0.4, -0.2) is 47.5 Å². The lowest BCUT2D eigenvalue weighted by molar-refractivity contribution is -0.123. The van der Waals surface area contributed by atoms with Gasteiger partial charge < -0.3 is 14.2 Å². The van der Waals surface area contributed by atoms with Crippen molar-refractivity contribution in [2.45, 2.75) is 25.9 Å². The van der Waals surface area contributed by atoms with Crippen LogP contribution in [0, 0.1) is 6.92 Å². The first-order valence-electron chi connectivity index (χ1n) is 10.3. The molecular formula is C24H23NO5S2. The largest absolute Gasteiger partial charge is 0.493 e. The van der Waals surface area contributed by atoms with E-state index in [2.05, 4.69) is 0 Å². The first kappa shape index (κ1) is 22.5. The lowest BCUT2D eigenvalue weighted by atomic mass is 10.1. The van der Waals surface area contributed by atoms with Gasteiger partial charge in [0.2, 0.25) is 0 Å². The summed E-state index contributed by atoms with van der Waals surface area (Å²) in [7, 11) is 1.50. The Hall–Kier alpha value is -2.68. The predicted molar refractivity (Wildman–Crippen MR) is 128 cm³/mol. The minimum absolute atomic E-state index is 0.0410. The molecule has 0 saturated carbocycles. The second-order valence-corrected chi connectivity index (χ2v) is 9.27. The molecule has 1 atom stereocenters. The summed E-state index contributed by atoms with van der Waals surface area (Å²) in [6.07, 6.45) is 3.76. The molecule has 1 amide bonds. The molecule has 2 aliphatic rings. The van der Waals surface area contributed by atoms with Gasteiger partial charge in [0.15, 0.2) is 11.5 Å². The van der Waals surface area contributed by atoms with E-state index in [1.807, 2.05) is 13.0 Å². The molecule has 32 heavy (non-hydrogen) atoms. The zero-order valence-corrected chi connectivity index (χ0v) is 19.5. The zero-order valence-electron chi connectivity index (χ0n) is 17.8. The molecule has 0 aromatic heterocycles. The van der Waals surface area contributed by atoms with E-state index in [1.165, 1.54) is 18.9 Å². The van der Waals surface area contributed by atoms with Crippen molar-refractivity contribution in [3.05, 3.63) is 64.1 Å². The Bertz CT molecular complexity index is 1090. The van der Waals surface area contributed by atoms with Crippen LogP contribution in [0.5, 0.6) is 11.5 Å². The molecule has 0 radical (unpaired) electrons. The average molecular weight is 470 g/mol. The maximum Gasteiger partial charge on any atom is 0.343 e. The van der Waals surface area contributed by atoms with Gasteiger partial charge in [0.25, 0.3) is 5.91 Å². The van der Waals surface area contributed by atoms with Crippen molar-refractivity contribution < 1.29 is 23.8 Å². The van der Waals surface area contributed by atoms with Crippen LogP contribution in [0.2, 0.25) is 0 Å². The first-order valence-corrected chi connectivity index (χ1v) is 11.5. The molecule has 8 heteroatoms. The fourth-order valence-corrected chi connectivity index (χ4v) is 4.86. The van der Waals surface area contributed by atoms with Gasteiger partial charge in [-0.3, -0.25) is 9.69 Å². The number of rotatable bonds is 6. The van der Waals surface area contributed by atoms with Crippen molar-refractivity contribution >= 4 is 46.3 Å². The minimum atomic E-state index is -0.463. The fourth-order valence-electron chi connectivity index (χ4n) is 3.59. The highest BCUT2D eigenvalue weighted by molar-refractivity contribution is 8.26. The Morgan fingerprint density at radius 2 is 2.12 bits per heavy atom. The summed E-state index contributed by atoms with van der Waals surface area (Å²) in [5.74, 6) is 0.121. The Morgan fingerprint density at radius 1 is 1.28 bits per heavy atom. The van der Waals surface area contributed by atoms with E-state index in [0.29, 0.717) is 32.8 Å². The van der Waals surface area contributed by atoms with E-state index >= 15 is 0 Å². The molecule has 2 saturated heterocycles. The van der Waals surface area contributed by atoms with E-state index < -0.39 is 5.97 Å². The van der Waals surface area contributed by atoms with Gasteiger partial charge in [-0.1, -0.05) is 47.7 Å². The summed E-state index contributed by atoms with van der Waals surface area (Å²) >= 11 is 6.68. The molecule has 4 rings (SSSR count). The number of carbonyl (C=O) groups excluding carboxylic acids is 2. The third kappa shape index (κ3) is 5.03. The number of hydrogen-bond acceptors (Lipinski definition) is 7. The molecule has 0 unspecified atom stereocenters. The summed E-state index contributed by atoms with van der Waals surface area (Å²) in [6, 6.07) is 12.3. The Kier molecular flexibility index (Phi) is 6.93. The van der Waals surface area contributed by atoms with E-state index in [4.69, 9.17) is 26.4 Å². The Labute approximate surface area is 196 Å². The number of amides is 1. The number of methoxy groups -OCH3 is 1. The summed E-state index contributed by atoms with van der Waals surface area (Å²) in [5.41, 5.74) is 2.18. The van der Waals surface area contributed by atoms with Crippen LogP contribution >= 0.6 is 24.0 Å². The van der Waals surface area contributed by atoms with Gasteiger partial charge >= 0.3 is 5.97 Å². The van der Waals surface area contributed by atoms with Crippen molar-refractivity contribution in [2.75, 3.05) is 20.3 Å². The molecule has 0 bridgehead atoms. The third-order valence-corrected chi connectivity index (χ3v) is 6.60. The van der Waals surface area contributed by atoms with Crippen LogP contribution in [0.1, 0.15) is 34.3 Å². The molecule has 2 aromatic rings. The molecule has 0 spiro atoms. The zero-order chi connectivity index (χ0) is 22.7. The predicted octanol–water partition coefficient (Wildman–Crippen LogP) is 4.60. The molecule has 0 aliphatic carbocycles. The maximum atomic E-state index is 12.9. The Balaban J connectivity index is 1.50. The third-order valence-electron chi connectivity index (χ3n) is 5.23. The number of benzene rings is 2. The minimum Gasteiger partial charge on any atom is -0.493 e. The number of thiocarbonyl (C=S) groups is 1. The number of ether oxygens (including phenoxy) is 3. The van der Waals surface area contributed by atoms with Gasteiger partial charge in [0.1, 0.15) is 4.32 Å². The summed E-state index contributed by atoms with van der Waals surface area (Å²) in [5, 5.41) is 0. The smallest absolute Gasteiger partial charge is 0.343 e. The summed E-state index contributed by atoms with van der Waals surface area (Å²) < 4.78 is 17.1. The van der Waals surface area contributed by atoms with Gasteiger partial charge in [-0.15, -0.1) is 0 Å². The molecule has 2 fully saturated rings. The number of thioether (sulfide) groups is 1. The molecule has 2 heterocycles. The normalized spacial score (nSPS) is 19.6. The highest BCUT2D eigenvalue weighted by Crippen LogP contribution is 2.35. The molecule has 0 N–H and O–H groups in total. The number of nitrogens with zero attached hydrogens (tertiary/aromatic N) is 1. The maximum absolute atomic E-state index is 12.9. The number of carbonyl (C=O) groups is 2. The Morgan fingerprint density at radius 3 is 2.84 bits per heavy atom. The van der Waals surface area contributed by atoms with E-state index in [1.54, 1.807) is 47.4 Å². The summed E-state index contributed by atoms with van der Waals surface area (Å²) in [6.45, 7) is 3.13. The topological polar surface area (TPSA) is 65.1 Å². The van der Waals surface area contributed by atoms with Gasteiger partial charge in [-0.05, 0) is 55.7 Å². The fraction of sp³-hybridized carbons (Fsp3) is 0.292. The van der Waals surface area contributed by atoms with Crippen LogP contribution in [0.4, 0.5) is 0 Å². The van der Waals surface area contributed by atoms with Gasteiger partial charge in [0.05, 0.1) is 30.2 Å². The van der Waals surface area contributed by atoms with Crippen molar-refractivity contribution in [1.82, 2.24) is 4.90 Å². The monoisotopic (exact) mass is 469 g/mol. The van der Waals surface area contributed by atoms with Crippen LogP contribution in [0.15, 0.2) is 47.4 Å². The summed E-state index contributed by atoms with van der Waals surface area (Å²) in [4.78, 5) is 27.5. The van der Waals surface area contributed by atoms with Gasteiger partial charge in [0, 0.05) is 6.61 Å². The standard InChI is InChI=1S/C24H23NO5S2/c1-15-5-3-6-17(11-15)23(27)30-19-9-8-16(12-20(19)28-2)13-21-22(26)25(24(31)32-21)14-18-7-4-10-29-18/h3,5-6,8-9,11-13,18H,4,7,10,14H2,1-2H3/b21-13-/t18-/m1/s1. The second-order valence-electron chi connectivity index (χ2n) is 7.60. The lowest BCUT2D eigenvalue weighted by Gasteiger charge is -2.18. The second kappa shape index (κ2) is 9.85. The number of hydrogen-bond donors (Lipinski definition) is 0. The highest BCUT2D eigenvalue weighted by Gasteiger charge is 2.34. The van der Waals surface area contributed by atoms with E-state index in [9.17, 15) is 9.59 Å². The van der Waals surface area contributed by atoms with Crippen LogP contribution in [0.3, 0.4) is 0 Å². The van der Waals surface area contributed by atoms with Crippen LogP contribution in [0.25, 0.3) is 6.08 Å².